The van der Waals surface area contributed by atoms with E-state index in [9.17, 15) is 4.79 Å². The summed E-state index contributed by atoms with van der Waals surface area (Å²) in [7, 11) is 0. The molecule has 0 aromatic rings. The van der Waals surface area contributed by atoms with Crippen LogP contribution in [0.3, 0.4) is 0 Å². The molecule has 0 radical (unpaired) electrons. The number of nitrogens with two attached hydrogens (primary N) is 1. The molecule has 1 rings (SSSR count). The molecule has 0 bridgehead atoms. The number of hydrogen-bond acceptors (Lipinski definition) is 3. The van der Waals surface area contributed by atoms with Gasteiger partial charge in [-0.25, -0.2) is 4.99 Å². The summed E-state index contributed by atoms with van der Waals surface area (Å²) in [5.41, 5.74) is 5.64. The van der Waals surface area contributed by atoms with Crippen LogP contribution in [0.2, 0.25) is 0 Å². The van der Waals surface area contributed by atoms with Crippen molar-refractivity contribution in [1.29, 1.82) is 0 Å². The Kier molecular flexibility index (Phi) is 9.08. The van der Waals surface area contributed by atoms with Gasteiger partial charge in [0.05, 0.1) is 13.2 Å². The number of hydrogen-bond donors (Lipinski definition) is 2. The van der Waals surface area contributed by atoms with Crippen molar-refractivity contribution in [2.75, 3.05) is 39.4 Å². The lowest BCUT2D eigenvalue weighted by molar-refractivity contribution is -0.133. The van der Waals surface area contributed by atoms with Crippen molar-refractivity contribution < 1.29 is 9.53 Å². The zero-order valence-electron chi connectivity index (χ0n) is 11.0. The fraction of sp³-hybridized carbons (Fsp3) is 0.818. The molecule has 1 aliphatic heterocycles. The highest BCUT2D eigenvalue weighted by molar-refractivity contribution is 14.0. The van der Waals surface area contributed by atoms with E-state index in [2.05, 4.69) is 24.2 Å². The summed E-state index contributed by atoms with van der Waals surface area (Å²) in [6, 6.07) is 0. The zero-order chi connectivity index (χ0) is 12.7. The summed E-state index contributed by atoms with van der Waals surface area (Å²) in [6.45, 7) is 7.55. The quantitative estimate of drug-likeness (QED) is 0.416. The van der Waals surface area contributed by atoms with E-state index in [4.69, 9.17) is 10.5 Å². The largest absolute Gasteiger partial charge is 0.378 e. The van der Waals surface area contributed by atoms with Gasteiger partial charge in [-0.05, 0) is 5.92 Å². The lowest BCUT2D eigenvalue weighted by Gasteiger charge is -2.26. The highest BCUT2D eigenvalue weighted by Gasteiger charge is 2.15. The summed E-state index contributed by atoms with van der Waals surface area (Å²) in [6.07, 6.45) is 0. The van der Waals surface area contributed by atoms with Crippen LogP contribution in [0.1, 0.15) is 13.8 Å². The monoisotopic (exact) mass is 370 g/mol. The first-order chi connectivity index (χ1) is 8.09. The Bertz CT molecular complexity index is 278. The minimum absolute atomic E-state index is 0. The van der Waals surface area contributed by atoms with Crippen molar-refractivity contribution in [3.63, 3.8) is 0 Å². The van der Waals surface area contributed by atoms with Gasteiger partial charge in [0.15, 0.2) is 5.96 Å². The summed E-state index contributed by atoms with van der Waals surface area (Å²) >= 11 is 0. The van der Waals surface area contributed by atoms with Gasteiger partial charge < -0.3 is 20.7 Å². The first-order valence-corrected chi connectivity index (χ1v) is 5.99. The van der Waals surface area contributed by atoms with E-state index in [0.29, 0.717) is 38.2 Å². The predicted molar refractivity (Wildman–Crippen MR) is 82.1 cm³/mol. The van der Waals surface area contributed by atoms with E-state index in [1.807, 2.05) is 0 Å². The second kappa shape index (κ2) is 9.37. The lowest BCUT2D eigenvalue weighted by Crippen LogP contribution is -2.42. The molecule has 0 unspecified atom stereocenters. The maximum atomic E-state index is 11.7. The fourth-order valence-electron chi connectivity index (χ4n) is 1.43. The Balaban J connectivity index is 0.00000289. The van der Waals surface area contributed by atoms with Crippen LogP contribution in [0.15, 0.2) is 4.99 Å². The van der Waals surface area contributed by atoms with Gasteiger partial charge in [0, 0.05) is 19.6 Å². The summed E-state index contributed by atoms with van der Waals surface area (Å²) in [5.74, 6) is 0.835. The lowest BCUT2D eigenvalue weighted by atomic mass is 10.2. The molecule has 1 heterocycles. The average Bonchev–Trinajstić information content (AvgIpc) is 2.34. The third-order valence-corrected chi connectivity index (χ3v) is 2.44. The highest BCUT2D eigenvalue weighted by Crippen LogP contribution is 1.97. The minimum atomic E-state index is 0. The molecule has 1 saturated heterocycles. The van der Waals surface area contributed by atoms with Crippen molar-refractivity contribution in [2.45, 2.75) is 13.8 Å². The topological polar surface area (TPSA) is 79.9 Å². The van der Waals surface area contributed by atoms with Gasteiger partial charge in [-0.15, -0.1) is 24.0 Å². The maximum Gasteiger partial charge on any atom is 0.244 e. The molecule has 0 aliphatic carbocycles. The van der Waals surface area contributed by atoms with Crippen molar-refractivity contribution >= 4 is 35.8 Å². The Hall–Kier alpha value is -0.570. The molecule has 0 atom stereocenters. The molecule has 0 saturated carbocycles. The second-order valence-corrected chi connectivity index (χ2v) is 4.47. The van der Waals surface area contributed by atoms with Crippen molar-refractivity contribution in [1.82, 2.24) is 10.2 Å². The highest BCUT2D eigenvalue weighted by atomic mass is 127. The molecule has 106 valence electrons. The fourth-order valence-corrected chi connectivity index (χ4v) is 1.43. The molecule has 0 aromatic carbocycles. The van der Waals surface area contributed by atoms with Crippen LogP contribution in [-0.2, 0) is 9.53 Å². The Morgan fingerprint density at radius 2 is 2.06 bits per heavy atom. The molecular weight excluding hydrogens is 347 g/mol. The molecule has 1 aliphatic rings. The number of nitrogens with one attached hydrogen (secondary N) is 1. The van der Waals surface area contributed by atoms with Gasteiger partial charge in [-0.2, -0.15) is 0 Å². The van der Waals surface area contributed by atoms with Gasteiger partial charge in [0.1, 0.15) is 6.54 Å². The number of rotatable bonds is 4. The molecule has 0 aromatic heterocycles. The second-order valence-electron chi connectivity index (χ2n) is 4.47. The zero-order valence-corrected chi connectivity index (χ0v) is 13.3. The van der Waals surface area contributed by atoms with Crippen LogP contribution in [0, 0.1) is 5.92 Å². The summed E-state index contributed by atoms with van der Waals surface area (Å²) in [4.78, 5) is 17.5. The summed E-state index contributed by atoms with van der Waals surface area (Å²) in [5, 5.41) is 2.97. The molecule has 7 heteroatoms. The van der Waals surface area contributed by atoms with Gasteiger partial charge >= 0.3 is 0 Å². The number of carbonyl (C=O) groups excluding carboxylic acids is 1. The van der Waals surface area contributed by atoms with Crippen LogP contribution >= 0.6 is 24.0 Å². The number of amides is 1. The van der Waals surface area contributed by atoms with Crippen molar-refractivity contribution in [2.24, 2.45) is 16.6 Å². The molecule has 1 fully saturated rings. The maximum absolute atomic E-state index is 11.7. The van der Waals surface area contributed by atoms with Crippen LogP contribution in [0.4, 0.5) is 0 Å². The Morgan fingerprint density at radius 3 is 2.61 bits per heavy atom. The average molecular weight is 370 g/mol. The van der Waals surface area contributed by atoms with Gasteiger partial charge in [0.2, 0.25) is 5.91 Å². The van der Waals surface area contributed by atoms with Gasteiger partial charge in [-0.3, -0.25) is 4.79 Å². The van der Waals surface area contributed by atoms with E-state index in [1.54, 1.807) is 4.90 Å². The SMILES string of the molecule is CC(C)CNC(N)=NCC(=O)N1CCOCC1.I. The van der Waals surface area contributed by atoms with E-state index < -0.39 is 0 Å². The molecule has 3 N–H and O–H groups in total. The standard InChI is InChI=1S/C11H22N4O2.HI/c1-9(2)7-13-11(12)14-8-10(16)15-3-5-17-6-4-15;/h9H,3-8H2,1-2H3,(H3,12,13,14);1H. The third-order valence-electron chi connectivity index (χ3n) is 2.44. The predicted octanol–water partition coefficient (Wildman–Crippen LogP) is 0.0235. The first-order valence-electron chi connectivity index (χ1n) is 5.99. The van der Waals surface area contributed by atoms with Crippen LogP contribution in [0.25, 0.3) is 0 Å². The number of guanidine groups is 1. The van der Waals surface area contributed by atoms with Gasteiger partial charge in [-0.1, -0.05) is 13.8 Å². The van der Waals surface area contributed by atoms with Crippen LogP contribution in [-0.4, -0.2) is 56.2 Å². The Labute approximate surface area is 125 Å². The number of nitrogens with zero attached hydrogens (tertiary/aromatic N) is 2. The smallest absolute Gasteiger partial charge is 0.244 e. The third kappa shape index (κ3) is 7.00. The van der Waals surface area contributed by atoms with Crippen LogP contribution < -0.4 is 11.1 Å². The van der Waals surface area contributed by atoms with Gasteiger partial charge in [0.25, 0.3) is 0 Å². The first kappa shape index (κ1) is 17.4. The van der Waals surface area contributed by atoms with E-state index >= 15 is 0 Å². The van der Waals surface area contributed by atoms with Crippen molar-refractivity contribution in [3.05, 3.63) is 0 Å². The molecule has 0 spiro atoms. The normalized spacial score (nSPS) is 16.4. The number of halogens is 1. The minimum Gasteiger partial charge on any atom is -0.378 e. The summed E-state index contributed by atoms with van der Waals surface area (Å²) < 4.78 is 5.17. The number of carbonyl (C=O) groups is 1. The van der Waals surface area contributed by atoms with E-state index in [0.717, 1.165) is 6.54 Å². The van der Waals surface area contributed by atoms with E-state index in [1.165, 1.54) is 0 Å². The van der Waals surface area contributed by atoms with Crippen molar-refractivity contribution in [3.8, 4) is 0 Å². The number of aliphatic imine (C=N–C) groups is 1. The molecular formula is C11H23IN4O2. The Morgan fingerprint density at radius 1 is 1.44 bits per heavy atom. The van der Waals surface area contributed by atoms with Crippen LogP contribution in [0.5, 0.6) is 0 Å². The molecule has 18 heavy (non-hydrogen) atoms. The number of morpholine rings is 1. The molecule has 1 amide bonds. The molecule has 6 nitrogen and oxygen atoms in total. The number of ether oxygens (including phenoxy) is 1. The van der Waals surface area contributed by atoms with E-state index in [-0.39, 0.29) is 36.4 Å².